The van der Waals surface area contributed by atoms with E-state index in [-0.39, 0.29) is 23.1 Å². The van der Waals surface area contributed by atoms with Crippen molar-refractivity contribution in [2.24, 2.45) is 11.0 Å². The summed E-state index contributed by atoms with van der Waals surface area (Å²) in [6, 6.07) is 6.22. The van der Waals surface area contributed by atoms with Crippen LogP contribution in [-0.4, -0.2) is 36.1 Å². The molecule has 140 valence electrons. The van der Waals surface area contributed by atoms with Gasteiger partial charge in [0.25, 0.3) is 0 Å². The van der Waals surface area contributed by atoms with E-state index in [2.05, 4.69) is 33.8 Å². The van der Waals surface area contributed by atoms with Crippen LogP contribution in [-0.2, 0) is 15.0 Å². The summed E-state index contributed by atoms with van der Waals surface area (Å²) >= 11 is 0. The monoisotopic (exact) mass is 355 g/mol. The molecule has 0 saturated carbocycles. The Morgan fingerprint density at radius 1 is 1.23 bits per heavy atom. The van der Waals surface area contributed by atoms with Crippen molar-refractivity contribution < 1.29 is 9.59 Å². The van der Waals surface area contributed by atoms with Crippen molar-refractivity contribution in [3.8, 4) is 0 Å². The molecule has 0 aliphatic carbocycles. The molecule has 1 atom stereocenters. The van der Waals surface area contributed by atoms with Crippen molar-refractivity contribution in [1.82, 2.24) is 5.01 Å². The molecule has 0 saturated heterocycles. The fourth-order valence-electron chi connectivity index (χ4n) is 3.83. The highest BCUT2D eigenvalue weighted by molar-refractivity contribution is 6.07. The third kappa shape index (κ3) is 3.27. The number of hydrogen-bond donors (Lipinski definition) is 0. The minimum Gasteiger partial charge on any atom is -0.315 e. The van der Waals surface area contributed by atoms with Crippen LogP contribution in [0.4, 0.5) is 5.69 Å². The fraction of sp³-hybridized carbons (Fsp3) is 0.571. The lowest BCUT2D eigenvalue weighted by molar-refractivity contribution is -0.132. The van der Waals surface area contributed by atoms with E-state index in [0.29, 0.717) is 19.4 Å². The molecule has 2 heterocycles. The second-order valence-electron chi connectivity index (χ2n) is 8.21. The molecule has 0 spiro atoms. The number of fused-ring (bicyclic) bond motifs is 1. The third-order valence-electron chi connectivity index (χ3n) is 5.54. The van der Waals surface area contributed by atoms with E-state index in [4.69, 9.17) is 5.10 Å². The van der Waals surface area contributed by atoms with Crippen LogP contribution < -0.4 is 4.90 Å². The summed E-state index contributed by atoms with van der Waals surface area (Å²) in [4.78, 5) is 26.3. The molecule has 1 aromatic rings. The van der Waals surface area contributed by atoms with Gasteiger partial charge >= 0.3 is 0 Å². The SMILES string of the molecule is CCCCN1N=C(c2ccc3c(c2)C(C)(C)CC(=O)N3C)C(C)CC1=O. The molecule has 1 aromatic carbocycles. The number of unbranched alkanes of at least 4 members (excludes halogenated alkanes) is 1. The van der Waals surface area contributed by atoms with Gasteiger partial charge in [0.05, 0.1) is 5.71 Å². The maximum absolute atomic E-state index is 12.3. The topological polar surface area (TPSA) is 53.0 Å². The van der Waals surface area contributed by atoms with Gasteiger partial charge in [0.1, 0.15) is 0 Å². The molecular formula is C21H29N3O2. The number of anilines is 1. The number of carbonyl (C=O) groups is 2. The zero-order valence-corrected chi connectivity index (χ0v) is 16.5. The second-order valence-corrected chi connectivity index (χ2v) is 8.21. The van der Waals surface area contributed by atoms with E-state index in [1.807, 2.05) is 19.2 Å². The minimum absolute atomic E-state index is 0.101. The van der Waals surface area contributed by atoms with Crippen LogP contribution >= 0.6 is 0 Å². The highest BCUT2D eigenvalue weighted by Gasteiger charge is 2.36. The number of rotatable bonds is 4. The van der Waals surface area contributed by atoms with Crippen LogP contribution in [0.5, 0.6) is 0 Å². The van der Waals surface area contributed by atoms with Gasteiger partial charge in [-0.25, -0.2) is 5.01 Å². The van der Waals surface area contributed by atoms with Crippen molar-refractivity contribution in [1.29, 1.82) is 0 Å². The molecule has 2 aliphatic rings. The summed E-state index contributed by atoms with van der Waals surface area (Å²) in [5.74, 6) is 0.359. The standard InChI is InChI=1S/C21H29N3O2/c1-6-7-10-24-18(25)11-14(2)20(22-24)15-8-9-17-16(12-15)21(3,4)13-19(26)23(17)5/h8-9,12,14H,6-7,10-11,13H2,1-5H3. The highest BCUT2D eigenvalue weighted by atomic mass is 16.2. The van der Waals surface area contributed by atoms with Crippen LogP contribution in [0.2, 0.25) is 0 Å². The van der Waals surface area contributed by atoms with E-state index in [1.54, 1.807) is 9.91 Å². The smallest absolute Gasteiger partial charge is 0.243 e. The summed E-state index contributed by atoms with van der Waals surface area (Å²) in [5, 5.41) is 6.34. The Bertz CT molecular complexity index is 767. The average Bonchev–Trinajstić information content (AvgIpc) is 2.58. The van der Waals surface area contributed by atoms with Crippen LogP contribution in [0.1, 0.15) is 64.5 Å². The van der Waals surface area contributed by atoms with E-state index >= 15 is 0 Å². The quantitative estimate of drug-likeness (QED) is 0.827. The van der Waals surface area contributed by atoms with Crippen molar-refractivity contribution in [3.05, 3.63) is 29.3 Å². The van der Waals surface area contributed by atoms with Gasteiger partial charge < -0.3 is 4.90 Å². The summed E-state index contributed by atoms with van der Waals surface area (Å²) in [6.45, 7) is 9.09. The molecule has 0 radical (unpaired) electrons. The molecule has 3 rings (SSSR count). The Kier molecular flexibility index (Phi) is 4.91. The molecule has 0 aromatic heterocycles. The molecule has 0 fully saturated rings. The molecule has 5 heteroatoms. The van der Waals surface area contributed by atoms with E-state index in [0.717, 1.165) is 29.8 Å². The Hall–Kier alpha value is -2.17. The summed E-state index contributed by atoms with van der Waals surface area (Å²) in [7, 11) is 1.84. The van der Waals surface area contributed by atoms with E-state index in [9.17, 15) is 9.59 Å². The number of hydrogen-bond acceptors (Lipinski definition) is 3. The van der Waals surface area contributed by atoms with Gasteiger partial charge in [-0.2, -0.15) is 5.10 Å². The highest BCUT2D eigenvalue weighted by Crippen LogP contribution is 2.40. The van der Waals surface area contributed by atoms with Gasteiger partial charge in [-0.15, -0.1) is 0 Å². The molecule has 0 N–H and O–H groups in total. The summed E-state index contributed by atoms with van der Waals surface area (Å²) in [6.07, 6.45) is 3.00. The number of hydrazone groups is 1. The first kappa shape index (κ1) is 18.6. The third-order valence-corrected chi connectivity index (χ3v) is 5.54. The minimum atomic E-state index is -0.203. The van der Waals surface area contributed by atoms with Gasteiger partial charge in [0, 0.05) is 43.5 Å². The maximum atomic E-state index is 12.3. The second kappa shape index (κ2) is 6.86. The predicted octanol–water partition coefficient (Wildman–Crippen LogP) is 3.70. The number of benzene rings is 1. The van der Waals surface area contributed by atoms with Crippen LogP contribution in [0.25, 0.3) is 0 Å². The maximum Gasteiger partial charge on any atom is 0.243 e. The fourth-order valence-corrected chi connectivity index (χ4v) is 3.83. The largest absolute Gasteiger partial charge is 0.315 e. The average molecular weight is 355 g/mol. The Balaban J connectivity index is 2.02. The van der Waals surface area contributed by atoms with Crippen LogP contribution in [0, 0.1) is 5.92 Å². The molecule has 26 heavy (non-hydrogen) atoms. The van der Waals surface area contributed by atoms with Gasteiger partial charge in [0.2, 0.25) is 11.8 Å². The number of amides is 2. The Morgan fingerprint density at radius 2 is 1.96 bits per heavy atom. The molecule has 1 unspecified atom stereocenters. The lowest BCUT2D eigenvalue weighted by atomic mass is 9.76. The molecule has 0 bridgehead atoms. The molecule has 5 nitrogen and oxygen atoms in total. The first-order valence-corrected chi connectivity index (χ1v) is 9.55. The van der Waals surface area contributed by atoms with Gasteiger partial charge in [-0.1, -0.05) is 40.2 Å². The molecule has 2 amide bonds. The zero-order valence-electron chi connectivity index (χ0n) is 16.5. The predicted molar refractivity (Wildman–Crippen MR) is 104 cm³/mol. The van der Waals surface area contributed by atoms with Crippen molar-refractivity contribution in [2.45, 2.75) is 58.8 Å². The zero-order chi connectivity index (χ0) is 19.1. The van der Waals surface area contributed by atoms with Crippen LogP contribution in [0.3, 0.4) is 0 Å². The Morgan fingerprint density at radius 3 is 2.65 bits per heavy atom. The Labute approximate surface area is 156 Å². The van der Waals surface area contributed by atoms with Gasteiger partial charge in [-0.05, 0) is 29.7 Å². The van der Waals surface area contributed by atoms with Crippen molar-refractivity contribution in [2.75, 3.05) is 18.5 Å². The normalized spacial score (nSPS) is 22.3. The summed E-state index contributed by atoms with van der Waals surface area (Å²) in [5.41, 5.74) is 3.97. The van der Waals surface area contributed by atoms with Crippen molar-refractivity contribution in [3.63, 3.8) is 0 Å². The lowest BCUT2D eigenvalue weighted by Crippen LogP contribution is -2.40. The van der Waals surface area contributed by atoms with Gasteiger partial charge in [-0.3, -0.25) is 9.59 Å². The number of nitrogens with zero attached hydrogens (tertiary/aromatic N) is 3. The lowest BCUT2D eigenvalue weighted by Gasteiger charge is -2.37. The number of carbonyl (C=O) groups excluding carboxylic acids is 2. The first-order chi connectivity index (χ1) is 12.2. The summed E-state index contributed by atoms with van der Waals surface area (Å²) < 4.78 is 0. The van der Waals surface area contributed by atoms with E-state index in [1.165, 1.54) is 5.56 Å². The van der Waals surface area contributed by atoms with Crippen molar-refractivity contribution >= 4 is 23.2 Å². The van der Waals surface area contributed by atoms with Crippen LogP contribution in [0.15, 0.2) is 23.3 Å². The van der Waals surface area contributed by atoms with Gasteiger partial charge in [0.15, 0.2) is 0 Å². The molecule has 2 aliphatic heterocycles. The molecular weight excluding hydrogens is 326 g/mol. The van der Waals surface area contributed by atoms with E-state index < -0.39 is 0 Å². The first-order valence-electron chi connectivity index (χ1n) is 9.55.